The topological polar surface area (TPSA) is 96.7 Å². The molecule has 2 aromatic rings. The zero-order valence-corrected chi connectivity index (χ0v) is 15.7. The number of piperidine rings is 1. The first-order valence-corrected chi connectivity index (χ1v) is 9.26. The number of benzene rings is 1. The third kappa shape index (κ3) is 4.21. The maximum atomic E-state index is 12.4. The van der Waals surface area contributed by atoms with Gasteiger partial charge in [0.1, 0.15) is 5.82 Å². The quantitative estimate of drug-likeness (QED) is 0.766. The molecule has 1 aliphatic rings. The fraction of sp³-hybridized carbons (Fsp3) is 0.526. The van der Waals surface area contributed by atoms with E-state index in [0.29, 0.717) is 19.4 Å². The number of nitrogens with zero attached hydrogens (tertiary/aromatic N) is 3. The number of methoxy groups -OCH3 is 1. The molecular weight excluding hydrogens is 348 g/mol. The zero-order chi connectivity index (χ0) is 19.4. The third-order valence-corrected chi connectivity index (χ3v) is 4.92. The molecule has 0 bridgehead atoms. The van der Waals surface area contributed by atoms with Crippen molar-refractivity contribution < 1.29 is 19.4 Å². The lowest BCUT2D eigenvalue weighted by Gasteiger charge is -2.34. The van der Waals surface area contributed by atoms with Crippen LogP contribution in [0.2, 0.25) is 0 Å². The molecule has 27 heavy (non-hydrogen) atoms. The van der Waals surface area contributed by atoms with E-state index in [9.17, 15) is 14.7 Å². The summed E-state index contributed by atoms with van der Waals surface area (Å²) in [6, 6.07) is 7.67. The number of carbonyl (C=O) groups excluding carboxylic acids is 2. The van der Waals surface area contributed by atoms with Crippen molar-refractivity contribution in [2.45, 2.75) is 32.4 Å². The zero-order valence-electron chi connectivity index (χ0n) is 15.7. The lowest BCUT2D eigenvalue weighted by Crippen LogP contribution is -2.52. The van der Waals surface area contributed by atoms with Crippen molar-refractivity contribution in [1.82, 2.24) is 19.8 Å². The molecule has 3 rings (SSSR count). The lowest BCUT2D eigenvalue weighted by atomic mass is 9.96. The molecule has 2 amide bonds. The van der Waals surface area contributed by atoms with Crippen molar-refractivity contribution in [3.63, 3.8) is 0 Å². The van der Waals surface area contributed by atoms with Gasteiger partial charge in [0.15, 0.2) is 0 Å². The number of nitrogens with one attached hydrogen (secondary N) is 1. The van der Waals surface area contributed by atoms with E-state index in [1.165, 1.54) is 12.0 Å². The van der Waals surface area contributed by atoms with Crippen LogP contribution in [-0.2, 0) is 22.5 Å². The Bertz CT molecular complexity index is 819. The average Bonchev–Trinajstić information content (AvgIpc) is 3.04. The number of likely N-dealkylation sites (tertiary alicyclic amines) is 1. The molecule has 0 radical (unpaired) electrons. The van der Waals surface area contributed by atoms with E-state index in [2.05, 4.69) is 21.8 Å². The van der Waals surface area contributed by atoms with Gasteiger partial charge in [0, 0.05) is 32.6 Å². The second-order valence-electron chi connectivity index (χ2n) is 6.76. The first-order chi connectivity index (χ1) is 13.0. The molecule has 8 nitrogen and oxygen atoms in total. The predicted octanol–water partition coefficient (Wildman–Crippen LogP) is 1.16. The Hall–Kier alpha value is -2.61. The molecule has 0 aliphatic carbocycles. The molecule has 2 atom stereocenters. The minimum atomic E-state index is -0.724. The summed E-state index contributed by atoms with van der Waals surface area (Å²) >= 11 is 0. The molecule has 1 aromatic heterocycles. The van der Waals surface area contributed by atoms with Gasteiger partial charge in [-0.15, -0.1) is 0 Å². The van der Waals surface area contributed by atoms with Gasteiger partial charge in [0.05, 0.1) is 30.2 Å². The Morgan fingerprint density at radius 2 is 2.11 bits per heavy atom. The minimum Gasteiger partial charge on any atom is -0.469 e. The number of ether oxygens (including phenoxy) is 1. The van der Waals surface area contributed by atoms with E-state index < -0.39 is 18.0 Å². The predicted molar refractivity (Wildman–Crippen MR) is 100 cm³/mol. The fourth-order valence-electron chi connectivity index (χ4n) is 3.64. The number of hydrogen-bond donors (Lipinski definition) is 2. The van der Waals surface area contributed by atoms with Crippen molar-refractivity contribution in [3.8, 4) is 0 Å². The summed E-state index contributed by atoms with van der Waals surface area (Å²) in [5.74, 6) is 0.0297. The van der Waals surface area contributed by atoms with Gasteiger partial charge in [-0.05, 0) is 25.5 Å². The number of aromatic nitrogens is 2. The number of aliphatic hydroxyl groups excluding tert-OH is 1. The number of urea groups is 1. The van der Waals surface area contributed by atoms with Gasteiger partial charge in [-0.1, -0.05) is 12.1 Å². The Morgan fingerprint density at radius 3 is 2.85 bits per heavy atom. The van der Waals surface area contributed by atoms with Gasteiger partial charge < -0.3 is 24.6 Å². The number of aliphatic hydroxyl groups is 1. The number of aryl methyl sites for hydroxylation is 1. The van der Waals surface area contributed by atoms with Gasteiger partial charge in [0.25, 0.3) is 0 Å². The highest BCUT2D eigenvalue weighted by Crippen LogP contribution is 2.19. The molecule has 8 heteroatoms. The summed E-state index contributed by atoms with van der Waals surface area (Å²) in [6.07, 6.45) is 0.195. The van der Waals surface area contributed by atoms with Gasteiger partial charge in [0.2, 0.25) is 0 Å². The molecule has 1 aliphatic heterocycles. The van der Waals surface area contributed by atoms with Crippen LogP contribution in [0, 0.1) is 5.92 Å². The maximum Gasteiger partial charge on any atom is 0.317 e. The molecule has 0 spiro atoms. The summed E-state index contributed by atoms with van der Waals surface area (Å²) in [6.45, 7) is 3.77. The summed E-state index contributed by atoms with van der Waals surface area (Å²) in [5.41, 5.74) is 2.03. The van der Waals surface area contributed by atoms with Gasteiger partial charge in [-0.25, -0.2) is 9.78 Å². The second-order valence-corrected chi connectivity index (χ2v) is 6.76. The van der Waals surface area contributed by atoms with Gasteiger partial charge in [-0.3, -0.25) is 4.79 Å². The molecule has 146 valence electrons. The van der Waals surface area contributed by atoms with E-state index in [0.717, 1.165) is 23.4 Å². The van der Waals surface area contributed by atoms with Crippen LogP contribution >= 0.6 is 0 Å². The number of rotatable bonds is 5. The Balaban J connectivity index is 1.59. The van der Waals surface area contributed by atoms with Crippen molar-refractivity contribution in [3.05, 3.63) is 30.1 Å². The van der Waals surface area contributed by atoms with Crippen LogP contribution in [0.5, 0.6) is 0 Å². The molecule has 1 fully saturated rings. The Morgan fingerprint density at radius 1 is 1.33 bits per heavy atom. The van der Waals surface area contributed by atoms with E-state index >= 15 is 0 Å². The molecule has 1 saturated heterocycles. The highest BCUT2D eigenvalue weighted by molar-refractivity contribution is 5.78. The van der Waals surface area contributed by atoms with Crippen LogP contribution < -0.4 is 5.32 Å². The standard InChI is InChI=1S/C19H26N4O4/c1-3-23-16-7-5-4-6-15(16)21-17(23)8-9-20-19(26)22-11-13(18(25)27-2)10-14(24)12-22/h4-7,13-14,24H,3,8-12H2,1-2H3,(H,20,26). The Labute approximate surface area is 158 Å². The second kappa shape index (κ2) is 8.39. The number of amides is 2. The van der Waals surface area contributed by atoms with Crippen LogP contribution in [0.4, 0.5) is 4.79 Å². The maximum absolute atomic E-state index is 12.4. The van der Waals surface area contributed by atoms with Gasteiger partial charge >= 0.3 is 12.0 Å². The highest BCUT2D eigenvalue weighted by atomic mass is 16.5. The number of imidazole rings is 1. The molecule has 0 saturated carbocycles. The highest BCUT2D eigenvalue weighted by Gasteiger charge is 2.33. The van der Waals surface area contributed by atoms with Crippen molar-refractivity contribution in [2.24, 2.45) is 5.92 Å². The molecule has 1 aromatic carbocycles. The first-order valence-electron chi connectivity index (χ1n) is 9.26. The number of β-amino-alcohol motifs (C(OH)–C–C–N with tert-alkyl or cyclic N) is 1. The number of esters is 1. The van der Waals surface area contributed by atoms with E-state index in [1.807, 2.05) is 24.3 Å². The summed E-state index contributed by atoms with van der Waals surface area (Å²) in [7, 11) is 1.31. The summed E-state index contributed by atoms with van der Waals surface area (Å²) in [4.78, 5) is 30.3. The van der Waals surface area contributed by atoms with Crippen LogP contribution in [0.1, 0.15) is 19.2 Å². The smallest absolute Gasteiger partial charge is 0.317 e. The summed E-state index contributed by atoms with van der Waals surface area (Å²) in [5, 5.41) is 12.8. The largest absolute Gasteiger partial charge is 0.469 e. The van der Waals surface area contributed by atoms with E-state index in [4.69, 9.17) is 4.74 Å². The number of hydrogen-bond acceptors (Lipinski definition) is 5. The normalized spacial score (nSPS) is 19.9. The minimum absolute atomic E-state index is 0.215. The van der Waals surface area contributed by atoms with Crippen LogP contribution in [0.3, 0.4) is 0 Å². The van der Waals surface area contributed by atoms with Crippen LogP contribution in [0.25, 0.3) is 11.0 Å². The van der Waals surface area contributed by atoms with Gasteiger partial charge in [-0.2, -0.15) is 0 Å². The number of fused-ring (bicyclic) bond motifs is 1. The van der Waals surface area contributed by atoms with Crippen LogP contribution in [0.15, 0.2) is 24.3 Å². The third-order valence-electron chi connectivity index (χ3n) is 4.92. The monoisotopic (exact) mass is 374 g/mol. The fourth-order valence-corrected chi connectivity index (χ4v) is 3.64. The molecule has 2 heterocycles. The summed E-state index contributed by atoms with van der Waals surface area (Å²) < 4.78 is 6.88. The molecule has 2 unspecified atom stereocenters. The van der Waals surface area contributed by atoms with E-state index in [-0.39, 0.29) is 19.1 Å². The first kappa shape index (κ1) is 19.2. The SMILES string of the molecule is CCn1c(CCNC(=O)N2CC(O)CC(C(=O)OC)C2)nc2ccccc21. The van der Waals surface area contributed by atoms with Crippen molar-refractivity contribution in [2.75, 3.05) is 26.7 Å². The molecule has 2 N–H and O–H groups in total. The van der Waals surface area contributed by atoms with Crippen molar-refractivity contribution >= 4 is 23.0 Å². The van der Waals surface area contributed by atoms with Crippen LogP contribution in [-0.4, -0.2) is 64.4 Å². The van der Waals surface area contributed by atoms with E-state index in [1.54, 1.807) is 0 Å². The number of para-hydroxylation sites is 2. The Kier molecular flexibility index (Phi) is 5.95. The lowest BCUT2D eigenvalue weighted by molar-refractivity contribution is -0.148. The number of carbonyl (C=O) groups is 2. The molecular formula is C19H26N4O4. The average molecular weight is 374 g/mol. The van der Waals surface area contributed by atoms with Crippen molar-refractivity contribution in [1.29, 1.82) is 0 Å².